The molecule has 2 amide bonds. The number of fused-ring (bicyclic) bond motifs is 1. The van der Waals surface area contributed by atoms with Gasteiger partial charge in [-0.05, 0) is 35.8 Å². The Morgan fingerprint density at radius 2 is 1.93 bits per heavy atom. The highest BCUT2D eigenvalue weighted by Crippen LogP contribution is 2.40. The fraction of sp³-hybridized carbons (Fsp3) is 0.300. The van der Waals surface area contributed by atoms with Crippen molar-refractivity contribution in [2.45, 2.75) is 25.8 Å². The molecule has 2 aliphatic heterocycles. The number of hydrogen-bond donors (Lipinski definition) is 1. The van der Waals surface area contributed by atoms with Crippen LogP contribution < -0.4 is 4.74 Å². The lowest BCUT2D eigenvalue weighted by atomic mass is 9.93. The highest BCUT2D eigenvalue weighted by atomic mass is 19.1. The Balaban J connectivity index is 1.39. The number of amides is 2. The van der Waals surface area contributed by atoms with E-state index in [1.54, 1.807) is 41.2 Å². The first-order chi connectivity index (χ1) is 19.9. The quantitative estimate of drug-likeness (QED) is 0.372. The number of halogens is 1. The van der Waals surface area contributed by atoms with Crippen molar-refractivity contribution in [2.75, 3.05) is 33.3 Å². The van der Waals surface area contributed by atoms with Crippen molar-refractivity contribution in [3.8, 4) is 16.9 Å². The van der Waals surface area contributed by atoms with Crippen LogP contribution in [0.1, 0.15) is 35.3 Å². The van der Waals surface area contributed by atoms with E-state index in [0.29, 0.717) is 60.3 Å². The van der Waals surface area contributed by atoms with Gasteiger partial charge in [0.2, 0.25) is 5.91 Å². The summed E-state index contributed by atoms with van der Waals surface area (Å²) >= 11 is 0. The molecule has 0 spiro atoms. The Morgan fingerprint density at radius 3 is 2.68 bits per heavy atom. The number of ketones is 1. The first-order valence-corrected chi connectivity index (χ1v) is 13.5. The zero-order valence-corrected chi connectivity index (χ0v) is 22.6. The van der Waals surface area contributed by atoms with Crippen LogP contribution in [0.15, 0.2) is 54.9 Å². The van der Waals surface area contributed by atoms with E-state index in [1.807, 2.05) is 30.3 Å². The molecule has 1 fully saturated rings. The SMILES string of the molecule is COc1ccccc1-c1cc(C2=CCCN(C(=O)CCn3ccnn3)C2)c(F)c2[nH]c(C(=O)N3CCC(=O)C3)cc12. The molecule has 0 unspecified atom stereocenters. The monoisotopic (exact) mass is 556 g/mol. The lowest BCUT2D eigenvalue weighted by molar-refractivity contribution is -0.131. The normalized spacial score (nSPS) is 15.5. The Morgan fingerprint density at radius 1 is 1.07 bits per heavy atom. The number of aryl methyl sites for hydroxylation is 1. The van der Waals surface area contributed by atoms with Gasteiger partial charge in [0.1, 0.15) is 11.4 Å². The molecule has 2 aromatic carbocycles. The smallest absolute Gasteiger partial charge is 0.270 e. The third-order valence-electron chi connectivity index (χ3n) is 7.67. The van der Waals surface area contributed by atoms with Gasteiger partial charge in [-0.15, -0.1) is 5.10 Å². The first-order valence-electron chi connectivity index (χ1n) is 13.5. The van der Waals surface area contributed by atoms with Crippen LogP contribution in [-0.4, -0.2) is 80.7 Å². The van der Waals surface area contributed by atoms with Crippen LogP contribution in [0.2, 0.25) is 0 Å². The molecule has 4 aromatic rings. The number of nitrogens with one attached hydrogen (secondary N) is 1. The van der Waals surface area contributed by atoms with Gasteiger partial charge in [-0.3, -0.25) is 19.1 Å². The van der Waals surface area contributed by atoms with E-state index in [9.17, 15) is 14.4 Å². The van der Waals surface area contributed by atoms with Gasteiger partial charge in [-0.1, -0.05) is 29.5 Å². The number of carbonyl (C=O) groups is 3. The van der Waals surface area contributed by atoms with E-state index in [0.717, 1.165) is 5.56 Å². The van der Waals surface area contributed by atoms with Crippen molar-refractivity contribution in [3.05, 3.63) is 71.9 Å². The number of aromatic amines is 1. The summed E-state index contributed by atoms with van der Waals surface area (Å²) in [6.45, 7) is 1.60. The van der Waals surface area contributed by atoms with Gasteiger partial charge >= 0.3 is 0 Å². The molecule has 210 valence electrons. The van der Waals surface area contributed by atoms with Crippen molar-refractivity contribution >= 4 is 34.1 Å². The summed E-state index contributed by atoms with van der Waals surface area (Å²) < 4.78 is 23.5. The number of H-pyrrole nitrogens is 1. The van der Waals surface area contributed by atoms with Crippen LogP contribution in [0.25, 0.3) is 27.6 Å². The Bertz CT molecular complexity index is 1680. The number of Topliss-reactive ketones (excluding diaryl/α,β-unsaturated/α-hetero) is 1. The maximum atomic E-state index is 16.3. The van der Waals surface area contributed by atoms with Crippen LogP contribution in [0.4, 0.5) is 4.39 Å². The minimum absolute atomic E-state index is 0.00210. The summed E-state index contributed by atoms with van der Waals surface area (Å²) in [7, 11) is 1.57. The topological polar surface area (TPSA) is 113 Å². The summed E-state index contributed by atoms with van der Waals surface area (Å²) in [4.78, 5) is 44.3. The average molecular weight is 557 g/mol. The summed E-state index contributed by atoms with van der Waals surface area (Å²) in [6.07, 6.45) is 6.39. The molecule has 0 atom stereocenters. The molecular weight excluding hydrogens is 527 g/mol. The van der Waals surface area contributed by atoms with Gasteiger partial charge in [0.25, 0.3) is 5.91 Å². The average Bonchev–Trinajstić information content (AvgIpc) is 3.77. The number of benzene rings is 2. The Labute approximate surface area is 235 Å². The molecule has 0 saturated carbocycles. The van der Waals surface area contributed by atoms with Crippen molar-refractivity contribution in [1.29, 1.82) is 0 Å². The molecule has 10 nitrogen and oxygen atoms in total. The Kier molecular flexibility index (Phi) is 7.08. The van der Waals surface area contributed by atoms with E-state index in [1.165, 1.54) is 4.90 Å². The van der Waals surface area contributed by atoms with Gasteiger partial charge in [-0.25, -0.2) is 4.39 Å². The number of carbonyl (C=O) groups excluding carboxylic acids is 3. The predicted octanol–water partition coefficient (Wildman–Crippen LogP) is 3.70. The van der Waals surface area contributed by atoms with E-state index >= 15 is 4.39 Å². The second-order valence-electron chi connectivity index (χ2n) is 10.2. The molecular formula is C30H29FN6O4. The minimum Gasteiger partial charge on any atom is -0.496 e. The standard InChI is InChI=1S/C30H29FN6O4/c1-41-26-7-3-2-6-21(26)23-15-22(19-5-4-11-35(17-19)27(39)9-13-37-14-10-32-34-37)28(31)29-24(23)16-25(33-29)30(40)36-12-8-20(38)18-36/h2-3,5-7,10,14-16,33H,4,8-9,11-13,17-18H2,1H3. The maximum Gasteiger partial charge on any atom is 0.270 e. The van der Waals surface area contributed by atoms with Gasteiger partial charge in [0.15, 0.2) is 11.6 Å². The van der Waals surface area contributed by atoms with Crippen molar-refractivity contribution < 1.29 is 23.5 Å². The number of methoxy groups -OCH3 is 1. The fourth-order valence-corrected chi connectivity index (χ4v) is 5.55. The first kappa shape index (κ1) is 26.4. The van der Waals surface area contributed by atoms with E-state index < -0.39 is 5.82 Å². The molecule has 41 heavy (non-hydrogen) atoms. The second kappa shape index (κ2) is 11.0. The highest BCUT2D eigenvalue weighted by Gasteiger charge is 2.29. The maximum absolute atomic E-state index is 16.3. The number of rotatable bonds is 7. The summed E-state index contributed by atoms with van der Waals surface area (Å²) in [5.41, 5.74) is 2.88. The molecule has 11 heteroatoms. The summed E-state index contributed by atoms with van der Waals surface area (Å²) in [5, 5.41) is 8.21. The fourth-order valence-electron chi connectivity index (χ4n) is 5.55. The Hall–Kier alpha value is -4.80. The van der Waals surface area contributed by atoms with Crippen molar-refractivity contribution in [1.82, 2.24) is 29.8 Å². The van der Waals surface area contributed by atoms with Crippen LogP contribution in [-0.2, 0) is 16.1 Å². The van der Waals surface area contributed by atoms with Gasteiger partial charge < -0.3 is 19.5 Å². The zero-order valence-electron chi connectivity index (χ0n) is 22.6. The number of nitrogens with zero attached hydrogens (tertiary/aromatic N) is 5. The molecule has 0 radical (unpaired) electrons. The van der Waals surface area contributed by atoms with Crippen LogP contribution in [0.5, 0.6) is 5.75 Å². The molecule has 2 aliphatic rings. The number of para-hydroxylation sites is 1. The molecule has 1 saturated heterocycles. The highest BCUT2D eigenvalue weighted by molar-refractivity contribution is 6.06. The summed E-state index contributed by atoms with van der Waals surface area (Å²) in [6, 6.07) is 10.9. The van der Waals surface area contributed by atoms with E-state index in [4.69, 9.17) is 4.74 Å². The van der Waals surface area contributed by atoms with Gasteiger partial charge in [-0.2, -0.15) is 0 Å². The number of aromatic nitrogens is 4. The lowest BCUT2D eigenvalue weighted by Gasteiger charge is -2.28. The van der Waals surface area contributed by atoms with E-state index in [-0.39, 0.29) is 48.3 Å². The lowest BCUT2D eigenvalue weighted by Crippen LogP contribution is -2.36. The number of likely N-dealkylation sites (tertiary alicyclic amines) is 1. The molecule has 0 aliphatic carbocycles. The van der Waals surface area contributed by atoms with E-state index in [2.05, 4.69) is 15.3 Å². The third-order valence-corrected chi connectivity index (χ3v) is 7.67. The molecule has 0 bridgehead atoms. The van der Waals surface area contributed by atoms with Crippen LogP contribution >= 0.6 is 0 Å². The number of hydrogen-bond acceptors (Lipinski definition) is 6. The van der Waals surface area contributed by atoms with Gasteiger partial charge in [0.05, 0.1) is 31.9 Å². The van der Waals surface area contributed by atoms with Gasteiger partial charge in [0, 0.05) is 55.2 Å². The molecule has 2 aromatic heterocycles. The molecule has 6 rings (SSSR count). The number of ether oxygens (including phenoxy) is 1. The van der Waals surface area contributed by atoms with Crippen LogP contribution in [0.3, 0.4) is 0 Å². The third kappa shape index (κ3) is 5.10. The van der Waals surface area contributed by atoms with Crippen molar-refractivity contribution in [3.63, 3.8) is 0 Å². The van der Waals surface area contributed by atoms with Crippen LogP contribution in [0, 0.1) is 5.82 Å². The van der Waals surface area contributed by atoms with Crippen molar-refractivity contribution in [2.24, 2.45) is 0 Å². The predicted molar refractivity (Wildman–Crippen MR) is 150 cm³/mol. The molecule has 1 N–H and O–H groups in total. The molecule has 4 heterocycles. The second-order valence-corrected chi connectivity index (χ2v) is 10.2. The minimum atomic E-state index is -0.502. The zero-order chi connectivity index (χ0) is 28.5. The summed E-state index contributed by atoms with van der Waals surface area (Å²) in [5.74, 6) is -0.292. The largest absolute Gasteiger partial charge is 0.496 e.